The van der Waals surface area contributed by atoms with Crippen LogP contribution in [0.25, 0.3) is 0 Å². The van der Waals surface area contributed by atoms with E-state index in [-0.39, 0.29) is 0 Å². The summed E-state index contributed by atoms with van der Waals surface area (Å²) in [5.74, 6) is 0.788. The molecular weight excluding hydrogens is 236 g/mol. The summed E-state index contributed by atoms with van der Waals surface area (Å²) in [4.78, 5) is 2.46. The van der Waals surface area contributed by atoms with Crippen molar-refractivity contribution in [2.24, 2.45) is 0 Å². The molecule has 0 amide bonds. The number of morpholine rings is 1. The maximum Gasteiger partial charge on any atom is 0.0826 e. The largest absolute Gasteiger partial charge is 0.374 e. The van der Waals surface area contributed by atoms with Crippen LogP contribution in [0.3, 0.4) is 0 Å². The van der Waals surface area contributed by atoms with Gasteiger partial charge >= 0.3 is 0 Å². The Bertz CT molecular complexity index is 237. The Hall–Kier alpha value is 0.0300. The van der Waals surface area contributed by atoms with Gasteiger partial charge in [0.15, 0.2) is 0 Å². The molecule has 0 aromatic rings. The van der Waals surface area contributed by atoms with Crippen LogP contribution in [0.2, 0.25) is 0 Å². The van der Waals surface area contributed by atoms with E-state index in [1.54, 1.807) is 6.26 Å². The van der Waals surface area contributed by atoms with E-state index in [0.717, 1.165) is 45.0 Å². The molecule has 0 spiro atoms. The van der Waals surface area contributed by atoms with Gasteiger partial charge in [-0.2, -0.15) is 0 Å². The average molecular weight is 262 g/mol. The quantitative estimate of drug-likeness (QED) is 0.677. The molecule has 0 radical (unpaired) electrons. The number of nitrogens with one attached hydrogen (secondary N) is 1. The number of ether oxygens (including phenoxy) is 1. The Morgan fingerprint density at radius 1 is 1.53 bits per heavy atom. The minimum Gasteiger partial charge on any atom is -0.374 e. The van der Waals surface area contributed by atoms with Crippen LogP contribution in [0.15, 0.2) is 0 Å². The molecule has 1 aliphatic rings. The van der Waals surface area contributed by atoms with Crippen molar-refractivity contribution in [3.05, 3.63) is 0 Å². The van der Waals surface area contributed by atoms with E-state index in [4.69, 9.17) is 4.74 Å². The van der Waals surface area contributed by atoms with E-state index in [9.17, 15) is 4.21 Å². The first-order chi connectivity index (χ1) is 8.09. The van der Waals surface area contributed by atoms with E-state index in [2.05, 4.69) is 24.1 Å². The predicted octanol–water partition coefficient (Wildman–Crippen LogP) is 0.454. The minimum atomic E-state index is -0.665. The Morgan fingerprint density at radius 3 is 2.94 bits per heavy atom. The SMILES string of the molecule is CC(C)N1CCOC(CNCCCS(C)=O)C1. The van der Waals surface area contributed by atoms with Crippen LogP contribution >= 0.6 is 0 Å². The lowest BCUT2D eigenvalue weighted by molar-refractivity contribution is -0.0370. The highest BCUT2D eigenvalue weighted by molar-refractivity contribution is 7.84. The molecule has 1 aliphatic heterocycles. The van der Waals surface area contributed by atoms with Crippen LogP contribution < -0.4 is 5.32 Å². The molecule has 1 N–H and O–H groups in total. The summed E-state index contributed by atoms with van der Waals surface area (Å²) in [6.45, 7) is 9.19. The summed E-state index contributed by atoms with van der Waals surface area (Å²) >= 11 is 0. The first-order valence-corrected chi connectivity index (χ1v) is 8.18. The van der Waals surface area contributed by atoms with Gasteiger partial charge in [0.2, 0.25) is 0 Å². The summed E-state index contributed by atoms with van der Waals surface area (Å²) in [5, 5.41) is 3.38. The van der Waals surface area contributed by atoms with Gasteiger partial charge in [0.25, 0.3) is 0 Å². The topological polar surface area (TPSA) is 41.6 Å². The van der Waals surface area contributed by atoms with Gasteiger partial charge in [0.1, 0.15) is 0 Å². The molecule has 2 unspecified atom stereocenters. The fourth-order valence-electron chi connectivity index (χ4n) is 2.00. The van der Waals surface area contributed by atoms with E-state index in [1.165, 1.54) is 0 Å². The van der Waals surface area contributed by atoms with Crippen molar-refractivity contribution in [1.82, 2.24) is 10.2 Å². The average Bonchev–Trinajstić information content (AvgIpc) is 2.28. The van der Waals surface area contributed by atoms with Gasteiger partial charge in [-0.15, -0.1) is 0 Å². The van der Waals surface area contributed by atoms with Crippen LogP contribution in [0.1, 0.15) is 20.3 Å². The summed E-state index contributed by atoms with van der Waals surface area (Å²) < 4.78 is 16.6. The number of rotatable bonds is 7. The molecular formula is C12H26N2O2S. The lowest BCUT2D eigenvalue weighted by Gasteiger charge is -2.35. The maximum atomic E-state index is 10.9. The van der Waals surface area contributed by atoms with Gasteiger partial charge in [0.05, 0.1) is 12.7 Å². The lowest BCUT2D eigenvalue weighted by atomic mass is 10.2. The fourth-order valence-corrected chi connectivity index (χ4v) is 2.55. The highest BCUT2D eigenvalue weighted by atomic mass is 32.2. The molecule has 5 heteroatoms. The molecule has 0 aliphatic carbocycles. The zero-order valence-electron chi connectivity index (χ0n) is 11.3. The molecule has 1 saturated heterocycles. The van der Waals surface area contributed by atoms with Crippen LogP contribution in [0, 0.1) is 0 Å². The molecule has 1 rings (SSSR count). The van der Waals surface area contributed by atoms with E-state index in [1.807, 2.05) is 0 Å². The Labute approximate surface area is 108 Å². The molecule has 0 bridgehead atoms. The van der Waals surface area contributed by atoms with Crippen molar-refractivity contribution < 1.29 is 8.95 Å². The van der Waals surface area contributed by atoms with E-state index >= 15 is 0 Å². The second-order valence-corrected chi connectivity index (χ2v) is 6.47. The van der Waals surface area contributed by atoms with Crippen molar-refractivity contribution >= 4 is 10.8 Å². The monoisotopic (exact) mass is 262 g/mol. The highest BCUT2D eigenvalue weighted by Gasteiger charge is 2.21. The van der Waals surface area contributed by atoms with Gasteiger partial charge in [-0.25, -0.2) is 0 Å². The Morgan fingerprint density at radius 2 is 2.29 bits per heavy atom. The minimum absolute atomic E-state index is 0.304. The summed E-state index contributed by atoms with van der Waals surface area (Å²) in [6, 6.07) is 0.601. The summed E-state index contributed by atoms with van der Waals surface area (Å²) in [5.41, 5.74) is 0. The van der Waals surface area contributed by atoms with Crippen molar-refractivity contribution in [1.29, 1.82) is 0 Å². The number of hydrogen-bond donors (Lipinski definition) is 1. The smallest absolute Gasteiger partial charge is 0.0826 e. The second kappa shape index (κ2) is 8.19. The van der Waals surface area contributed by atoms with E-state index < -0.39 is 10.8 Å². The predicted molar refractivity (Wildman–Crippen MR) is 72.9 cm³/mol. The molecule has 1 fully saturated rings. The standard InChI is InChI=1S/C12H26N2O2S/c1-11(2)14-6-7-16-12(10-14)9-13-5-4-8-17(3)15/h11-13H,4-10H2,1-3H3. The third kappa shape index (κ3) is 6.50. The molecule has 0 aromatic carbocycles. The summed E-state index contributed by atoms with van der Waals surface area (Å²) in [7, 11) is -0.665. The maximum absolute atomic E-state index is 10.9. The van der Waals surface area contributed by atoms with Crippen molar-refractivity contribution in [2.75, 3.05) is 44.8 Å². The van der Waals surface area contributed by atoms with Crippen LogP contribution in [0.5, 0.6) is 0 Å². The van der Waals surface area contributed by atoms with Gasteiger partial charge in [-0.05, 0) is 26.8 Å². The normalized spacial score (nSPS) is 24.1. The van der Waals surface area contributed by atoms with E-state index in [0.29, 0.717) is 12.1 Å². The molecule has 1 heterocycles. The molecule has 102 valence electrons. The number of nitrogens with zero attached hydrogens (tertiary/aromatic N) is 1. The second-order valence-electron chi connectivity index (χ2n) is 4.92. The molecule has 0 aromatic heterocycles. The van der Waals surface area contributed by atoms with Crippen LogP contribution in [-0.4, -0.2) is 66.0 Å². The van der Waals surface area contributed by atoms with Crippen molar-refractivity contribution in [3.63, 3.8) is 0 Å². The van der Waals surface area contributed by atoms with Gasteiger partial charge in [0, 0.05) is 48.5 Å². The fraction of sp³-hybridized carbons (Fsp3) is 1.00. The van der Waals surface area contributed by atoms with Gasteiger partial charge in [-0.3, -0.25) is 9.11 Å². The van der Waals surface area contributed by atoms with Crippen LogP contribution in [-0.2, 0) is 15.5 Å². The third-order valence-corrected chi connectivity index (χ3v) is 3.92. The molecule has 2 atom stereocenters. The van der Waals surface area contributed by atoms with Crippen LogP contribution in [0.4, 0.5) is 0 Å². The number of hydrogen-bond acceptors (Lipinski definition) is 4. The zero-order chi connectivity index (χ0) is 12.7. The van der Waals surface area contributed by atoms with Crippen molar-refractivity contribution in [3.8, 4) is 0 Å². The Kier molecular flexibility index (Phi) is 7.27. The lowest BCUT2D eigenvalue weighted by Crippen LogP contribution is -2.49. The zero-order valence-corrected chi connectivity index (χ0v) is 12.1. The van der Waals surface area contributed by atoms with Gasteiger partial charge < -0.3 is 10.1 Å². The van der Waals surface area contributed by atoms with Crippen molar-refractivity contribution in [2.45, 2.75) is 32.4 Å². The Balaban J connectivity index is 2.08. The summed E-state index contributed by atoms with van der Waals surface area (Å²) in [6.07, 6.45) is 3.03. The first-order valence-electron chi connectivity index (χ1n) is 6.46. The first kappa shape index (κ1) is 15.1. The molecule has 0 saturated carbocycles. The highest BCUT2D eigenvalue weighted by Crippen LogP contribution is 2.07. The molecule has 17 heavy (non-hydrogen) atoms. The molecule has 4 nitrogen and oxygen atoms in total. The third-order valence-electron chi connectivity index (χ3n) is 3.06. The van der Waals surface area contributed by atoms with Gasteiger partial charge in [-0.1, -0.05) is 0 Å².